The SMILES string of the molecule is CN(C)c1cccnc1CNCc1c2c(nn1C)CCCC2. The lowest BCUT2D eigenvalue weighted by Gasteiger charge is -2.17. The molecule has 0 amide bonds. The van der Waals surface area contributed by atoms with Crippen molar-refractivity contribution in [2.75, 3.05) is 19.0 Å². The Hall–Kier alpha value is -1.88. The third-order valence-corrected chi connectivity index (χ3v) is 4.38. The van der Waals surface area contributed by atoms with Gasteiger partial charge >= 0.3 is 0 Å². The Labute approximate surface area is 132 Å². The van der Waals surface area contributed by atoms with E-state index in [1.807, 2.05) is 16.9 Å². The lowest BCUT2D eigenvalue weighted by atomic mass is 9.96. The normalized spacial score (nSPS) is 14.0. The van der Waals surface area contributed by atoms with Crippen molar-refractivity contribution in [2.24, 2.45) is 7.05 Å². The molecule has 22 heavy (non-hydrogen) atoms. The molecule has 5 heteroatoms. The number of rotatable bonds is 5. The highest BCUT2D eigenvalue weighted by Crippen LogP contribution is 2.23. The van der Waals surface area contributed by atoms with Gasteiger partial charge in [0.05, 0.1) is 22.8 Å². The summed E-state index contributed by atoms with van der Waals surface area (Å²) < 4.78 is 2.05. The van der Waals surface area contributed by atoms with Gasteiger partial charge in [-0.3, -0.25) is 9.67 Å². The Morgan fingerprint density at radius 1 is 1.23 bits per heavy atom. The maximum Gasteiger partial charge on any atom is 0.0774 e. The van der Waals surface area contributed by atoms with Gasteiger partial charge in [-0.05, 0) is 43.4 Å². The molecule has 1 aliphatic carbocycles. The van der Waals surface area contributed by atoms with E-state index in [-0.39, 0.29) is 0 Å². The van der Waals surface area contributed by atoms with Crippen LogP contribution in [0.5, 0.6) is 0 Å². The van der Waals surface area contributed by atoms with Crippen LogP contribution in [0.2, 0.25) is 0 Å². The van der Waals surface area contributed by atoms with Gasteiger partial charge < -0.3 is 10.2 Å². The van der Waals surface area contributed by atoms with Crippen LogP contribution in [0.15, 0.2) is 18.3 Å². The number of nitrogens with zero attached hydrogens (tertiary/aromatic N) is 4. The second-order valence-electron chi connectivity index (χ2n) is 6.17. The van der Waals surface area contributed by atoms with Gasteiger partial charge in [-0.25, -0.2) is 0 Å². The summed E-state index contributed by atoms with van der Waals surface area (Å²) in [6, 6.07) is 4.09. The molecule has 0 saturated carbocycles. The standard InChI is InChI=1S/C17H25N5/c1-21(2)16-9-6-10-19-15(16)11-18-12-17-13-7-4-5-8-14(13)20-22(17)3/h6,9-10,18H,4-5,7-8,11-12H2,1-3H3. The van der Waals surface area contributed by atoms with E-state index in [0.29, 0.717) is 0 Å². The quantitative estimate of drug-likeness (QED) is 0.918. The Kier molecular flexibility index (Phi) is 4.43. The van der Waals surface area contributed by atoms with Crippen LogP contribution in [0.25, 0.3) is 0 Å². The zero-order valence-electron chi connectivity index (χ0n) is 13.8. The molecule has 0 aliphatic heterocycles. The van der Waals surface area contributed by atoms with E-state index < -0.39 is 0 Å². The lowest BCUT2D eigenvalue weighted by molar-refractivity contribution is 0.614. The van der Waals surface area contributed by atoms with Gasteiger partial charge in [0.15, 0.2) is 0 Å². The molecule has 0 saturated heterocycles. The van der Waals surface area contributed by atoms with Crippen LogP contribution in [-0.4, -0.2) is 28.9 Å². The molecule has 0 spiro atoms. The first-order valence-corrected chi connectivity index (χ1v) is 8.02. The molecule has 0 atom stereocenters. The maximum atomic E-state index is 4.68. The van der Waals surface area contributed by atoms with Crippen LogP contribution in [0.4, 0.5) is 5.69 Å². The summed E-state index contributed by atoms with van der Waals surface area (Å²) in [7, 11) is 6.16. The predicted octanol–water partition coefficient (Wildman–Crippen LogP) is 2.05. The van der Waals surface area contributed by atoms with Crippen LogP contribution in [0.1, 0.15) is 35.5 Å². The van der Waals surface area contributed by atoms with Gasteiger partial charge in [-0.15, -0.1) is 0 Å². The molecular weight excluding hydrogens is 274 g/mol. The zero-order valence-corrected chi connectivity index (χ0v) is 13.8. The number of aryl methyl sites for hydroxylation is 2. The van der Waals surface area contributed by atoms with Gasteiger partial charge in [-0.2, -0.15) is 5.10 Å². The van der Waals surface area contributed by atoms with E-state index in [0.717, 1.165) is 25.2 Å². The highest BCUT2D eigenvalue weighted by atomic mass is 15.3. The van der Waals surface area contributed by atoms with E-state index in [2.05, 4.69) is 47.5 Å². The minimum Gasteiger partial charge on any atom is -0.376 e. The van der Waals surface area contributed by atoms with E-state index in [1.165, 1.54) is 41.9 Å². The fourth-order valence-corrected chi connectivity index (χ4v) is 3.24. The molecule has 2 aromatic heterocycles. The molecular formula is C17H25N5. The summed E-state index contributed by atoms with van der Waals surface area (Å²) in [5.74, 6) is 0. The Morgan fingerprint density at radius 3 is 2.86 bits per heavy atom. The van der Waals surface area contributed by atoms with Crippen molar-refractivity contribution < 1.29 is 0 Å². The van der Waals surface area contributed by atoms with E-state index >= 15 is 0 Å². The Morgan fingerprint density at radius 2 is 2.05 bits per heavy atom. The molecule has 2 aromatic rings. The van der Waals surface area contributed by atoms with Gasteiger partial charge in [0.2, 0.25) is 0 Å². The highest BCUT2D eigenvalue weighted by Gasteiger charge is 2.18. The van der Waals surface area contributed by atoms with Crippen molar-refractivity contribution in [2.45, 2.75) is 38.8 Å². The summed E-state index contributed by atoms with van der Waals surface area (Å²) in [5, 5.41) is 8.22. The Balaban J connectivity index is 1.68. The van der Waals surface area contributed by atoms with Crippen molar-refractivity contribution in [3.63, 3.8) is 0 Å². The van der Waals surface area contributed by atoms with Crippen molar-refractivity contribution in [3.05, 3.63) is 41.0 Å². The molecule has 0 radical (unpaired) electrons. The van der Waals surface area contributed by atoms with Crippen LogP contribution in [-0.2, 0) is 33.0 Å². The average Bonchev–Trinajstić information content (AvgIpc) is 2.83. The second kappa shape index (κ2) is 6.48. The fourth-order valence-electron chi connectivity index (χ4n) is 3.24. The zero-order chi connectivity index (χ0) is 15.5. The molecule has 0 bridgehead atoms. The third-order valence-electron chi connectivity index (χ3n) is 4.38. The molecule has 1 aliphatic rings. The Bertz CT molecular complexity index is 644. The summed E-state index contributed by atoms with van der Waals surface area (Å²) in [5.41, 5.74) is 6.36. The first-order valence-electron chi connectivity index (χ1n) is 8.02. The smallest absolute Gasteiger partial charge is 0.0774 e. The van der Waals surface area contributed by atoms with Gasteiger partial charge in [-0.1, -0.05) is 0 Å². The van der Waals surface area contributed by atoms with Gasteiger partial charge in [0.25, 0.3) is 0 Å². The molecule has 1 N–H and O–H groups in total. The summed E-state index contributed by atoms with van der Waals surface area (Å²) in [6.07, 6.45) is 6.73. The number of anilines is 1. The number of hydrogen-bond acceptors (Lipinski definition) is 4. The largest absolute Gasteiger partial charge is 0.376 e. The van der Waals surface area contributed by atoms with Crippen LogP contribution < -0.4 is 10.2 Å². The number of hydrogen-bond donors (Lipinski definition) is 1. The van der Waals surface area contributed by atoms with Gasteiger partial charge in [0, 0.05) is 40.4 Å². The summed E-state index contributed by atoms with van der Waals surface area (Å²) in [4.78, 5) is 6.61. The lowest BCUT2D eigenvalue weighted by Crippen LogP contribution is -2.20. The maximum absolute atomic E-state index is 4.68. The molecule has 3 rings (SSSR count). The van der Waals surface area contributed by atoms with E-state index in [4.69, 9.17) is 0 Å². The fraction of sp³-hybridized carbons (Fsp3) is 0.529. The minimum atomic E-state index is 0.772. The number of pyridine rings is 1. The van der Waals surface area contributed by atoms with Crippen molar-refractivity contribution in [3.8, 4) is 0 Å². The van der Waals surface area contributed by atoms with Crippen LogP contribution in [0, 0.1) is 0 Å². The van der Waals surface area contributed by atoms with Gasteiger partial charge in [0.1, 0.15) is 0 Å². The minimum absolute atomic E-state index is 0.772. The molecule has 2 heterocycles. The van der Waals surface area contributed by atoms with Crippen molar-refractivity contribution >= 4 is 5.69 Å². The highest BCUT2D eigenvalue weighted by molar-refractivity contribution is 5.48. The summed E-state index contributed by atoms with van der Waals surface area (Å²) >= 11 is 0. The third kappa shape index (κ3) is 2.99. The number of fused-ring (bicyclic) bond motifs is 1. The monoisotopic (exact) mass is 299 g/mol. The summed E-state index contributed by atoms with van der Waals surface area (Å²) in [6.45, 7) is 1.62. The first-order chi connectivity index (χ1) is 10.7. The number of nitrogens with one attached hydrogen (secondary N) is 1. The van der Waals surface area contributed by atoms with Crippen LogP contribution >= 0.6 is 0 Å². The molecule has 0 aromatic carbocycles. The topological polar surface area (TPSA) is 46.0 Å². The predicted molar refractivity (Wildman–Crippen MR) is 89.0 cm³/mol. The van der Waals surface area contributed by atoms with Crippen LogP contribution in [0.3, 0.4) is 0 Å². The molecule has 118 valence electrons. The van der Waals surface area contributed by atoms with E-state index in [1.54, 1.807) is 0 Å². The van der Waals surface area contributed by atoms with E-state index in [9.17, 15) is 0 Å². The molecule has 0 unspecified atom stereocenters. The molecule has 5 nitrogen and oxygen atoms in total. The average molecular weight is 299 g/mol. The first kappa shape index (κ1) is 15.0. The van der Waals surface area contributed by atoms with Crippen molar-refractivity contribution in [1.29, 1.82) is 0 Å². The molecule has 0 fully saturated rings. The second-order valence-corrected chi connectivity index (χ2v) is 6.17. The van der Waals surface area contributed by atoms with Crippen molar-refractivity contribution in [1.82, 2.24) is 20.1 Å². The number of aromatic nitrogens is 3.